The minimum absolute atomic E-state index is 0.0571. The fourth-order valence-corrected chi connectivity index (χ4v) is 4.53. The highest BCUT2D eigenvalue weighted by molar-refractivity contribution is 7.89. The normalized spacial score (nSPS) is 15.1. The topological polar surface area (TPSA) is 99.5 Å². The Kier molecular flexibility index (Phi) is 5.37. The number of carbonyl (C=O) groups is 1. The van der Waals surface area contributed by atoms with Crippen LogP contribution in [0.3, 0.4) is 0 Å². The first-order chi connectivity index (χ1) is 12.8. The monoisotopic (exact) mass is 405 g/mol. The molecule has 0 saturated carbocycles. The molecule has 27 heavy (non-hydrogen) atoms. The Morgan fingerprint density at radius 1 is 1.26 bits per heavy atom. The third-order valence-corrected chi connectivity index (χ3v) is 6.02. The van der Waals surface area contributed by atoms with Crippen molar-refractivity contribution in [2.45, 2.75) is 11.8 Å². The van der Waals surface area contributed by atoms with Crippen molar-refractivity contribution in [1.29, 1.82) is 5.26 Å². The van der Waals surface area contributed by atoms with E-state index in [0.29, 0.717) is 10.8 Å². The van der Waals surface area contributed by atoms with E-state index in [1.807, 2.05) is 13.0 Å². The number of benzene rings is 2. The van der Waals surface area contributed by atoms with Gasteiger partial charge in [-0.25, -0.2) is 8.42 Å². The Hall–Kier alpha value is -2.60. The molecular weight excluding hydrogens is 390 g/mol. The lowest BCUT2D eigenvalue weighted by atomic mass is 10.2. The highest BCUT2D eigenvalue weighted by Gasteiger charge is 2.32. The predicted molar refractivity (Wildman–Crippen MR) is 99.2 cm³/mol. The fourth-order valence-electron chi connectivity index (χ4n) is 2.71. The maximum atomic E-state index is 13.1. The van der Waals surface area contributed by atoms with Gasteiger partial charge in [0.05, 0.1) is 18.2 Å². The molecule has 1 saturated heterocycles. The molecule has 1 N–H and O–H groups in total. The highest BCUT2D eigenvalue weighted by Crippen LogP contribution is 2.33. The van der Waals surface area contributed by atoms with Gasteiger partial charge >= 0.3 is 0 Å². The number of carbonyl (C=O) groups excluding carboxylic acids is 1. The van der Waals surface area contributed by atoms with Crippen LogP contribution in [0.5, 0.6) is 11.5 Å². The number of hydrogen-bond donors (Lipinski definition) is 1. The van der Waals surface area contributed by atoms with E-state index in [1.165, 1.54) is 18.2 Å². The molecule has 3 rings (SSSR count). The number of ether oxygens (including phenoxy) is 1. The van der Waals surface area contributed by atoms with Gasteiger partial charge in [0.25, 0.3) is 0 Å². The van der Waals surface area contributed by atoms with E-state index in [1.54, 1.807) is 18.2 Å². The molecule has 1 amide bonds. The van der Waals surface area contributed by atoms with Crippen LogP contribution in [0.25, 0.3) is 0 Å². The van der Waals surface area contributed by atoms with E-state index in [4.69, 9.17) is 21.6 Å². The average molecular weight is 406 g/mol. The van der Waals surface area contributed by atoms with Crippen molar-refractivity contribution in [3.63, 3.8) is 0 Å². The lowest BCUT2D eigenvalue weighted by Crippen LogP contribution is -2.49. The lowest BCUT2D eigenvalue weighted by Gasteiger charge is -2.26. The Balaban J connectivity index is 2.05. The summed E-state index contributed by atoms with van der Waals surface area (Å²) in [7, 11) is -4.04. The minimum Gasteiger partial charge on any atom is -0.456 e. The van der Waals surface area contributed by atoms with Crippen molar-refractivity contribution < 1.29 is 17.9 Å². The number of piperazine rings is 1. The first-order valence-corrected chi connectivity index (χ1v) is 9.87. The molecule has 2 aromatic carbocycles. The van der Waals surface area contributed by atoms with Crippen molar-refractivity contribution in [3.05, 3.63) is 52.5 Å². The number of amides is 1. The second-order valence-corrected chi connectivity index (χ2v) is 8.37. The van der Waals surface area contributed by atoms with Crippen molar-refractivity contribution in [2.75, 3.05) is 19.6 Å². The van der Waals surface area contributed by atoms with Crippen LogP contribution in [0.2, 0.25) is 5.02 Å². The molecule has 0 atom stereocenters. The van der Waals surface area contributed by atoms with E-state index in [2.05, 4.69) is 5.32 Å². The molecule has 1 aliphatic heterocycles. The molecule has 0 unspecified atom stereocenters. The maximum Gasteiger partial charge on any atom is 0.247 e. The van der Waals surface area contributed by atoms with Gasteiger partial charge in [0.2, 0.25) is 15.9 Å². The maximum absolute atomic E-state index is 13.1. The van der Waals surface area contributed by atoms with Crippen molar-refractivity contribution in [3.8, 4) is 17.6 Å². The van der Waals surface area contributed by atoms with Crippen LogP contribution in [0.4, 0.5) is 0 Å². The molecule has 0 aliphatic carbocycles. The standard InChI is InChI=1S/C18H16ClN3O4S/c1-12-6-14(19)9-15(7-12)26-16-3-2-13(10-20)8-17(16)27(24,25)22-5-4-21-18(23)11-22/h2-3,6-9H,4-5,11H2,1H3,(H,21,23). The molecule has 0 radical (unpaired) electrons. The Morgan fingerprint density at radius 2 is 2.04 bits per heavy atom. The van der Waals surface area contributed by atoms with Gasteiger partial charge in [-0.15, -0.1) is 0 Å². The summed E-state index contributed by atoms with van der Waals surface area (Å²) < 4.78 is 33.0. The second kappa shape index (κ2) is 7.56. The van der Waals surface area contributed by atoms with Crippen LogP contribution in [0, 0.1) is 18.3 Å². The summed E-state index contributed by atoms with van der Waals surface area (Å²) in [6, 6.07) is 11.1. The molecule has 140 valence electrons. The molecule has 9 heteroatoms. The van der Waals surface area contributed by atoms with Crippen molar-refractivity contribution >= 4 is 27.5 Å². The third kappa shape index (κ3) is 4.22. The number of nitrogens with one attached hydrogen (secondary N) is 1. The Labute approximate surface area is 162 Å². The molecule has 0 bridgehead atoms. The molecule has 1 fully saturated rings. The van der Waals surface area contributed by atoms with Gasteiger partial charge in [0.15, 0.2) is 0 Å². The average Bonchev–Trinajstić information content (AvgIpc) is 2.61. The molecular formula is C18H16ClN3O4S. The van der Waals surface area contributed by atoms with Gasteiger partial charge in [-0.2, -0.15) is 9.57 Å². The molecule has 7 nitrogen and oxygen atoms in total. The van der Waals surface area contributed by atoms with E-state index < -0.39 is 10.0 Å². The smallest absolute Gasteiger partial charge is 0.247 e. The number of sulfonamides is 1. The van der Waals surface area contributed by atoms with Crippen LogP contribution < -0.4 is 10.1 Å². The van der Waals surface area contributed by atoms with Gasteiger partial charge < -0.3 is 10.1 Å². The largest absolute Gasteiger partial charge is 0.456 e. The van der Waals surface area contributed by atoms with Gasteiger partial charge in [0.1, 0.15) is 16.4 Å². The molecule has 0 aromatic heterocycles. The number of rotatable bonds is 4. The second-order valence-electron chi connectivity index (χ2n) is 6.03. The first-order valence-electron chi connectivity index (χ1n) is 8.05. The summed E-state index contributed by atoms with van der Waals surface area (Å²) in [6.07, 6.45) is 0. The number of hydrogen-bond acceptors (Lipinski definition) is 5. The molecule has 1 aliphatic rings. The quantitative estimate of drug-likeness (QED) is 0.842. The Morgan fingerprint density at radius 3 is 2.70 bits per heavy atom. The summed E-state index contributed by atoms with van der Waals surface area (Å²) in [5.74, 6) is 0.0494. The summed E-state index contributed by atoms with van der Waals surface area (Å²) in [6.45, 7) is 1.91. The molecule has 2 aromatic rings. The zero-order valence-electron chi connectivity index (χ0n) is 14.4. The molecule has 0 spiro atoms. The van der Waals surface area contributed by atoms with Crippen LogP contribution in [-0.2, 0) is 14.8 Å². The summed E-state index contributed by atoms with van der Waals surface area (Å²) in [5.41, 5.74) is 1.02. The van der Waals surface area contributed by atoms with E-state index in [9.17, 15) is 13.2 Å². The number of halogens is 1. The third-order valence-electron chi connectivity index (χ3n) is 3.94. The van der Waals surface area contributed by atoms with Crippen LogP contribution >= 0.6 is 11.6 Å². The van der Waals surface area contributed by atoms with Crippen LogP contribution in [0.15, 0.2) is 41.3 Å². The zero-order valence-corrected chi connectivity index (χ0v) is 16.0. The Bertz CT molecular complexity index is 1030. The number of nitriles is 1. The minimum atomic E-state index is -4.04. The first kappa shape index (κ1) is 19.2. The highest BCUT2D eigenvalue weighted by atomic mass is 35.5. The van der Waals surface area contributed by atoms with Gasteiger partial charge in [-0.05, 0) is 48.9 Å². The van der Waals surface area contributed by atoms with E-state index >= 15 is 0 Å². The molecule has 1 heterocycles. The summed E-state index contributed by atoms with van der Waals surface area (Å²) >= 11 is 6.04. The van der Waals surface area contributed by atoms with Crippen LogP contribution in [-0.4, -0.2) is 38.3 Å². The van der Waals surface area contributed by atoms with Gasteiger partial charge in [0, 0.05) is 18.1 Å². The lowest BCUT2D eigenvalue weighted by molar-refractivity contribution is -0.122. The number of nitrogens with zero attached hydrogens (tertiary/aromatic N) is 2. The SMILES string of the molecule is Cc1cc(Cl)cc(Oc2ccc(C#N)cc2S(=O)(=O)N2CCNC(=O)C2)c1. The van der Waals surface area contributed by atoms with Gasteiger partial charge in [-0.3, -0.25) is 4.79 Å². The summed E-state index contributed by atoms with van der Waals surface area (Å²) in [4.78, 5) is 11.4. The predicted octanol–water partition coefficient (Wildman–Crippen LogP) is 2.43. The summed E-state index contributed by atoms with van der Waals surface area (Å²) in [5, 5.41) is 12.2. The van der Waals surface area contributed by atoms with Crippen LogP contribution in [0.1, 0.15) is 11.1 Å². The fraction of sp³-hybridized carbons (Fsp3) is 0.222. The van der Waals surface area contributed by atoms with Crippen molar-refractivity contribution in [2.24, 2.45) is 0 Å². The van der Waals surface area contributed by atoms with Crippen molar-refractivity contribution in [1.82, 2.24) is 9.62 Å². The number of aryl methyl sites for hydroxylation is 1. The van der Waals surface area contributed by atoms with E-state index in [0.717, 1.165) is 9.87 Å². The zero-order chi connectivity index (χ0) is 19.6. The van der Waals surface area contributed by atoms with Gasteiger partial charge in [-0.1, -0.05) is 11.6 Å². The van der Waals surface area contributed by atoms with E-state index in [-0.39, 0.29) is 41.7 Å².